The first kappa shape index (κ1) is 12.2. The molecule has 1 aromatic heterocycles. The average molecular weight is 269 g/mol. The Hall–Kier alpha value is -2.28. The van der Waals surface area contributed by atoms with Gasteiger partial charge in [0.2, 0.25) is 5.28 Å². The Kier molecular flexibility index (Phi) is 3.33. The fraction of sp³-hybridized carbons (Fsp3) is 0. The van der Waals surface area contributed by atoms with Crippen molar-refractivity contribution in [2.24, 2.45) is 10.2 Å². The van der Waals surface area contributed by atoms with Crippen molar-refractivity contribution in [1.82, 2.24) is 9.71 Å². The second kappa shape index (κ2) is 4.92. The van der Waals surface area contributed by atoms with Gasteiger partial charge in [0.15, 0.2) is 11.3 Å². The van der Waals surface area contributed by atoms with Gasteiger partial charge in [-0.2, -0.15) is 9.71 Å². The SMILES string of the molecule is O=Nc1cccc(N=c2nc(Cl)n(O)cc2F)c1. The zero-order chi connectivity index (χ0) is 13.1. The second-order valence-corrected chi connectivity index (χ2v) is 3.59. The van der Waals surface area contributed by atoms with E-state index in [1.54, 1.807) is 12.1 Å². The van der Waals surface area contributed by atoms with Crippen LogP contribution in [0.25, 0.3) is 0 Å². The Morgan fingerprint density at radius 2 is 2.11 bits per heavy atom. The van der Waals surface area contributed by atoms with Gasteiger partial charge in [-0.3, -0.25) is 0 Å². The fourth-order valence-corrected chi connectivity index (χ4v) is 1.36. The van der Waals surface area contributed by atoms with Gasteiger partial charge < -0.3 is 5.21 Å². The maximum absolute atomic E-state index is 13.4. The summed E-state index contributed by atoms with van der Waals surface area (Å²) in [6, 6.07) is 5.94. The van der Waals surface area contributed by atoms with Gasteiger partial charge in [0.05, 0.1) is 11.9 Å². The standard InChI is InChI=1S/C10H6ClFN4O2/c11-10-14-9(8(12)5-16(10)18)13-6-2-1-3-7(4-6)15-17/h1-5,18H. The van der Waals surface area contributed by atoms with Crippen LogP contribution in [0.3, 0.4) is 0 Å². The summed E-state index contributed by atoms with van der Waals surface area (Å²) in [7, 11) is 0. The molecule has 0 aliphatic rings. The van der Waals surface area contributed by atoms with E-state index in [-0.39, 0.29) is 16.5 Å². The quantitative estimate of drug-likeness (QED) is 0.516. The van der Waals surface area contributed by atoms with E-state index in [1.807, 2.05) is 0 Å². The summed E-state index contributed by atoms with van der Waals surface area (Å²) in [5.74, 6) is -0.855. The van der Waals surface area contributed by atoms with Crippen molar-refractivity contribution in [2.75, 3.05) is 0 Å². The highest BCUT2D eigenvalue weighted by atomic mass is 35.5. The summed E-state index contributed by atoms with van der Waals surface area (Å²) in [5.41, 5.74) is 0.162. The molecule has 2 rings (SSSR count). The molecule has 6 nitrogen and oxygen atoms in total. The zero-order valence-corrected chi connectivity index (χ0v) is 9.54. The molecule has 0 amide bonds. The topological polar surface area (TPSA) is 79.8 Å². The molecule has 0 aliphatic heterocycles. The van der Waals surface area contributed by atoms with Gasteiger partial charge in [-0.1, -0.05) is 6.07 Å². The molecule has 2 aromatic rings. The molecule has 0 radical (unpaired) electrons. The molecule has 8 heteroatoms. The first-order valence-electron chi connectivity index (χ1n) is 4.72. The molecular weight excluding hydrogens is 263 g/mol. The van der Waals surface area contributed by atoms with Crippen LogP contribution in [0.2, 0.25) is 5.28 Å². The van der Waals surface area contributed by atoms with Crippen LogP contribution in [0.5, 0.6) is 0 Å². The Bertz CT molecular complexity index is 671. The monoisotopic (exact) mass is 268 g/mol. The van der Waals surface area contributed by atoms with Crippen molar-refractivity contribution in [1.29, 1.82) is 0 Å². The molecule has 0 spiro atoms. The number of hydrogen-bond acceptors (Lipinski definition) is 5. The van der Waals surface area contributed by atoms with E-state index < -0.39 is 5.82 Å². The van der Waals surface area contributed by atoms with Crippen molar-refractivity contribution in [2.45, 2.75) is 0 Å². The minimum absolute atomic E-state index is 0.163. The van der Waals surface area contributed by atoms with E-state index in [2.05, 4.69) is 15.2 Å². The summed E-state index contributed by atoms with van der Waals surface area (Å²) in [6.45, 7) is 0. The molecule has 0 unspecified atom stereocenters. The van der Waals surface area contributed by atoms with E-state index in [0.29, 0.717) is 10.4 Å². The van der Waals surface area contributed by atoms with Gasteiger partial charge >= 0.3 is 0 Å². The van der Waals surface area contributed by atoms with Crippen molar-refractivity contribution in [3.8, 4) is 0 Å². The number of halogens is 2. The molecule has 0 aliphatic carbocycles. The molecule has 0 saturated heterocycles. The van der Waals surface area contributed by atoms with Gasteiger partial charge in [-0.25, -0.2) is 9.38 Å². The third-order valence-electron chi connectivity index (χ3n) is 2.01. The van der Waals surface area contributed by atoms with E-state index in [9.17, 15) is 9.30 Å². The van der Waals surface area contributed by atoms with E-state index in [1.165, 1.54) is 12.1 Å². The summed E-state index contributed by atoms with van der Waals surface area (Å²) >= 11 is 5.52. The van der Waals surface area contributed by atoms with Crippen LogP contribution < -0.4 is 5.49 Å². The lowest BCUT2D eigenvalue weighted by Crippen LogP contribution is -2.17. The van der Waals surface area contributed by atoms with Crippen molar-refractivity contribution < 1.29 is 9.60 Å². The largest absolute Gasteiger partial charge is 0.426 e. The van der Waals surface area contributed by atoms with Crippen LogP contribution >= 0.6 is 11.6 Å². The summed E-state index contributed by atoms with van der Waals surface area (Å²) in [4.78, 5) is 17.7. The van der Waals surface area contributed by atoms with E-state index in [0.717, 1.165) is 6.20 Å². The Morgan fingerprint density at radius 3 is 2.83 bits per heavy atom. The molecule has 1 aromatic carbocycles. The predicted octanol–water partition coefficient (Wildman–Crippen LogP) is 2.54. The lowest BCUT2D eigenvalue weighted by molar-refractivity contribution is 0.176. The number of benzene rings is 1. The molecule has 1 heterocycles. The molecule has 0 saturated carbocycles. The van der Waals surface area contributed by atoms with Crippen LogP contribution in [0, 0.1) is 10.7 Å². The van der Waals surface area contributed by atoms with Crippen LogP contribution in [-0.2, 0) is 0 Å². The molecular formula is C10H6ClFN4O2. The summed E-state index contributed by atoms with van der Waals surface area (Å²) < 4.78 is 13.8. The van der Waals surface area contributed by atoms with E-state index >= 15 is 0 Å². The normalized spacial score (nSPS) is 11.6. The smallest absolute Gasteiger partial charge is 0.238 e. The van der Waals surface area contributed by atoms with Gasteiger partial charge in [0.1, 0.15) is 5.69 Å². The predicted molar refractivity (Wildman–Crippen MR) is 61.5 cm³/mol. The van der Waals surface area contributed by atoms with E-state index in [4.69, 9.17) is 16.8 Å². The van der Waals surface area contributed by atoms with Gasteiger partial charge in [-0.05, 0) is 35.0 Å². The molecule has 18 heavy (non-hydrogen) atoms. The number of hydrogen-bond donors (Lipinski definition) is 1. The third kappa shape index (κ3) is 2.51. The second-order valence-electron chi connectivity index (χ2n) is 3.25. The minimum Gasteiger partial charge on any atom is -0.426 e. The minimum atomic E-state index is -0.855. The lowest BCUT2D eigenvalue weighted by Gasteiger charge is -1.99. The molecule has 0 bridgehead atoms. The maximum atomic E-state index is 13.4. The molecule has 92 valence electrons. The van der Waals surface area contributed by atoms with Crippen molar-refractivity contribution >= 4 is 23.0 Å². The Labute approximate surface area is 105 Å². The van der Waals surface area contributed by atoms with Crippen molar-refractivity contribution in [3.05, 3.63) is 52.0 Å². The zero-order valence-electron chi connectivity index (χ0n) is 8.79. The maximum Gasteiger partial charge on any atom is 0.238 e. The van der Waals surface area contributed by atoms with Crippen LogP contribution in [0.1, 0.15) is 0 Å². The average Bonchev–Trinajstić information content (AvgIpc) is 2.36. The lowest BCUT2D eigenvalue weighted by atomic mass is 10.3. The molecule has 1 N–H and O–H groups in total. The van der Waals surface area contributed by atoms with Gasteiger partial charge in [-0.15, -0.1) is 4.91 Å². The van der Waals surface area contributed by atoms with Crippen molar-refractivity contribution in [3.63, 3.8) is 0 Å². The molecule has 0 fully saturated rings. The first-order valence-corrected chi connectivity index (χ1v) is 5.10. The Morgan fingerprint density at radius 1 is 1.39 bits per heavy atom. The van der Waals surface area contributed by atoms with Gasteiger partial charge in [0.25, 0.3) is 0 Å². The first-order chi connectivity index (χ1) is 8.60. The highest BCUT2D eigenvalue weighted by Gasteiger charge is 2.04. The number of nitrogens with zero attached hydrogens (tertiary/aromatic N) is 4. The fourth-order valence-electron chi connectivity index (χ4n) is 1.23. The molecule has 0 atom stereocenters. The van der Waals surface area contributed by atoms with Crippen LogP contribution in [0.4, 0.5) is 15.8 Å². The highest BCUT2D eigenvalue weighted by Crippen LogP contribution is 2.19. The summed E-state index contributed by atoms with van der Waals surface area (Å²) in [6.07, 6.45) is 0.732. The summed E-state index contributed by atoms with van der Waals surface area (Å²) in [5, 5.41) is 11.5. The Balaban J connectivity index is 2.56. The third-order valence-corrected chi connectivity index (χ3v) is 2.26. The number of nitroso groups, excluding NO2 is 1. The van der Waals surface area contributed by atoms with Crippen LogP contribution in [0.15, 0.2) is 40.6 Å². The number of rotatable bonds is 2. The van der Waals surface area contributed by atoms with Crippen LogP contribution in [-0.4, -0.2) is 14.9 Å². The van der Waals surface area contributed by atoms with Gasteiger partial charge in [0, 0.05) is 0 Å². The highest BCUT2D eigenvalue weighted by molar-refractivity contribution is 6.28. The number of aromatic nitrogens is 2.